The van der Waals surface area contributed by atoms with Crippen LogP contribution in [0.4, 0.5) is 9.59 Å². The summed E-state index contributed by atoms with van der Waals surface area (Å²) in [5, 5.41) is 12.8. The zero-order chi connectivity index (χ0) is 15.8. The Labute approximate surface area is 120 Å². The first-order chi connectivity index (χ1) is 9.47. The Bertz CT molecular complexity index is 282. The maximum absolute atomic E-state index is 10.7. The number of carbonyl (C=O) groups is 3. The van der Waals surface area contributed by atoms with Crippen LogP contribution in [-0.2, 0) is 9.53 Å². The highest BCUT2D eigenvalue weighted by molar-refractivity contribution is 5.84. The molecule has 118 valence electrons. The number of amides is 2. The summed E-state index contributed by atoms with van der Waals surface area (Å²) >= 11 is 0. The smallest absolute Gasteiger partial charge is 0.414 e. The van der Waals surface area contributed by atoms with Crippen LogP contribution in [0, 0.1) is 0 Å². The first kappa shape index (κ1) is 20.5. The lowest BCUT2D eigenvalue weighted by Crippen LogP contribution is -2.27. The van der Waals surface area contributed by atoms with Gasteiger partial charge in [-0.1, -0.05) is 33.6 Å². The minimum Gasteiger partial charge on any atom is -0.465 e. The molecule has 0 unspecified atom stereocenters. The average molecular weight is 290 g/mol. The summed E-state index contributed by atoms with van der Waals surface area (Å²) in [6, 6.07) is 0. The Morgan fingerprint density at radius 3 is 1.85 bits per heavy atom. The number of unbranched alkanes of at least 4 members (excludes halogenated alkanes) is 2. The summed E-state index contributed by atoms with van der Waals surface area (Å²) in [6.07, 6.45) is 2.50. The van der Waals surface area contributed by atoms with Crippen LogP contribution in [0.2, 0.25) is 0 Å². The highest BCUT2D eigenvalue weighted by Gasteiger charge is 2.05. The first-order valence-corrected chi connectivity index (χ1v) is 6.93. The fourth-order valence-corrected chi connectivity index (χ4v) is 0.951. The lowest BCUT2D eigenvalue weighted by atomic mass is 10.3. The van der Waals surface area contributed by atoms with Gasteiger partial charge in [0.15, 0.2) is 0 Å². The molecule has 0 radical (unpaired) electrons. The van der Waals surface area contributed by atoms with Gasteiger partial charge < -0.3 is 20.5 Å². The zero-order valence-electron chi connectivity index (χ0n) is 12.5. The highest BCUT2D eigenvalue weighted by atomic mass is 16.6. The fourth-order valence-electron chi connectivity index (χ4n) is 0.951. The van der Waals surface area contributed by atoms with E-state index in [9.17, 15) is 14.4 Å². The molecule has 0 aliphatic heterocycles. The van der Waals surface area contributed by atoms with Crippen molar-refractivity contribution in [3.8, 4) is 0 Å². The summed E-state index contributed by atoms with van der Waals surface area (Å²) < 4.78 is 4.36. The van der Waals surface area contributed by atoms with Crippen molar-refractivity contribution in [2.45, 2.75) is 52.9 Å². The number of alkyl carbamates (subject to hydrolysis) is 1. The molecule has 0 heterocycles. The Kier molecular flexibility index (Phi) is 15.7. The molecule has 0 aromatic carbocycles. The van der Waals surface area contributed by atoms with Crippen LogP contribution < -0.4 is 10.6 Å². The third-order valence-electron chi connectivity index (χ3n) is 2.10. The second-order valence-corrected chi connectivity index (χ2v) is 3.98. The van der Waals surface area contributed by atoms with Crippen LogP contribution in [-0.4, -0.2) is 36.4 Å². The van der Waals surface area contributed by atoms with Gasteiger partial charge >= 0.3 is 18.2 Å². The average Bonchev–Trinajstić information content (AvgIpc) is 2.39. The zero-order valence-corrected chi connectivity index (χ0v) is 12.5. The number of rotatable bonds is 7. The highest BCUT2D eigenvalue weighted by Crippen LogP contribution is 1.87. The van der Waals surface area contributed by atoms with Crippen LogP contribution in [0.3, 0.4) is 0 Å². The van der Waals surface area contributed by atoms with Crippen molar-refractivity contribution in [2.24, 2.45) is 0 Å². The van der Waals surface area contributed by atoms with Crippen LogP contribution >= 0.6 is 0 Å². The number of esters is 1. The van der Waals surface area contributed by atoms with E-state index in [1.807, 2.05) is 13.8 Å². The largest absolute Gasteiger partial charge is 0.465 e. The molecule has 0 rings (SSSR count). The second-order valence-electron chi connectivity index (χ2n) is 3.98. The Morgan fingerprint density at radius 1 is 0.950 bits per heavy atom. The fraction of sp³-hybridized carbons (Fsp3) is 0.769. The molecule has 0 aliphatic carbocycles. The quantitative estimate of drug-likeness (QED) is 0.379. The molecule has 3 N–H and O–H groups in total. The van der Waals surface area contributed by atoms with E-state index in [-0.39, 0.29) is 6.42 Å². The Morgan fingerprint density at radius 2 is 1.45 bits per heavy atom. The summed E-state index contributed by atoms with van der Waals surface area (Å²) in [4.78, 5) is 31.1. The van der Waals surface area contributed by atoms with Crippen LogP contribution in [0.25, 0.3) is 0 Å². The summed E-state index contributed by atoms with van der Waals surface area (Å²) in [5.74, 6) is -0.496. The lowest BCUT2D eigenvalue weighted by Gasteiger charge is -2.02. The van der Waals surface area contributed by atoms with Crippen molar-refractivity contribution in [1.82, 2.24) is 10.6 Å². The van der Waals surface area contributed by atoms with Gasteiger partial charge in [-0.05, 0) is 12.8 Å². The van der Waals surface area contributed by atoms with Gasteiger partial charge in [0.1, 0.15) is 0 Å². The number of nitrogens with one attached hydrogen (secondary N) is 2. The van der Waals surface area contributed by atoms with E-state index >= 15 is 0 Å². The van der Waals surface area contributed by atoms with E-state index in [4.69, 9.17) is 5.11 Å². The first-order valence-electron chi connectivity index (χ1n) is 6.93. The number of carbonyl (C=O) groups excluding carboxylic acids is 2. The molecule has 0 aromatic heterocycles. The molecular formula is C13H26N2O5. The number of hydrogen-bond acceptors (Lipinski definition) is 4. The van der Waals surface area contributed by atoms with Gasteiger partial charge in [0.25, 0.3) is 0 Å². The van der Waals surface area contributed by atoms with E-state index in [1.165, 1.54) is 0 Å². The molecular weight excluding hydrogens is 264 g/mol. The van der Waals surface area contributed by atoms with E-state index in [2.05, 4.69) is 15.4 Å². The predicted octanol–water partition coefficient (Wildman–Crippen LogP) is 2.50. The van der Waals surface area contributed by atoms with Gasteiger partial charge in [-0.15, -0.1) is 0 Å². The van der Waals surface area contributed by atoms with Gasteiger partial charge in [-0.25, -0.2) is 9.59 Å². The molecule has 0 saturated heterocycles. The van der Waals surface area contributed by atoms with Crippen LogP contribution in [0.1, 0.15) is 52.9 Å². The maximum atomic E-state index is 10.7. The monoisotopic (exact) mass is 290 g/mol. The van der Waals surface area contributed by atoms with Crippen molar-refractivity contribution >= 4 is 18.2 Å². The number of hydrogen-bond donors (Lipinski definition) is 3. The summed E-state index contributed by atoms with van der Waals surface area (Å²) in [7, 11) is 0. The van der Waals surface area contributed by atoms with Gasteiger partial charge in [0.2, 0.25) is 0 Å². The lowest BCUT2D eigenvalue weighted by molar-refractivity contribution is -0.136. The van der Waals surface area contributed by atoms with Crippen molar-refractivity contribution in [3.63, 3.8) is 0 Å². The third-order valence-corrected chi connectivity index (χ3v) is 2.10. The third kappa shape index (κ3) is 18.6. The number of ether oxygens (including phenoxy) is 1. The van der Waals surface area contributed by atoms with E-state index in [0.29, 0.717) is 13.1 Å². The van der Waals surface area contributed by atoms with E-state index < -0.39 is 18.2 Å². The van der Waals surface area contributed by atoms with E-state index in [1.54, 1.807) is 6.92 Å². The molecule has 0 spiro atoms. The number of carboxylic acid groups (broad SMARTS) is 1. The molecule has 0 aromatic rings. The molecule has 2 amide bonds. The molecule has 0 atom stereocenters. The van der Waals surface area contributed by atoms with Crippen LogP contribution in [0.15, 0.2) is 0 Å². The SMILES string of the molecule is CCCCNC(=O)O.CCCCNC(=O)OC(=O)CC. The molecule has 20 heavy (non-hydrogen) atoms. The summed E-state index contributed by atoms with van der Waals surface area (Å²) in [5.41, 5.74) is 0. The van der Waals surface area contributed by atoms with E-state index in [0.717, 1.165) is 25.7 Å². The molecule has 0 aliphatic rings. The van der Waals surface area contributed by atoms with Crippen molar-refractivity contribution in [3.05, 3.63) is 0 Å². The van der Waals surface area contributed by atoms with Crippen molar-refractivity contribution < 1.29 is 24.2 Å². The normalized spacial score (nSPS) is 8.95. The maximum Gasteiger partial charge on any atom is 0.414 e. The Balaban J connectivity index is 0. The van der Waals surface area contributed by atoms with Crippen molar-refractivity contribution in [1.29, 1.82) is 0 Å². The van der Waals surface area contributed by atoms with Crippen molar-refractivity contribution in [2.75, 3.05) is 13.1 Å². The Hall–Kier alpha value is -1.79. The second kappa shape index (κ2) is 15.3. The van der Waals surface area contributed by atoms with Crippen LogP contribution in [0.5, 0.6) is 0 Å². The molecule has 0 fully saturated rings. The topological polar surface area (TPSA) is 105 Å². The molecule has 7 heteroatoms. The molecule has 0 bridgehead atoms. The summed E-state index contributed by atoms with van der Waals surface area (Å²) in [6.45, 7) is 6.81. The van der Waals surface area contributed by atoms with Gasteiger partial charge in [-0.3, -0.25) is 4.79 Å². The molecule has 0 saturated carbocycles. The van der Waals surface area contributed by atoms with Gasteiger partial charge in [0.05, 0.1) is 0 Å². The standard InChI is InChI=1S/C8H15NO3.C5H11NO2/c1-3-5-6-9-8(11)12-7(10)4-2;1-2-3-4-6-5(7)8/h3-6H2,1-2H3,(H,9,11);6H,2-4H2,1H3,(H,7,8). The minimum atomic E-state index is -0.932. The van der Waals surface area contributed by atoms with Gasteiger partial charge in [-0.2, -0.15) is 0 Å². The minimum absolute atomic E-state index is 0.223. The molecule has 7 nitrogen and oxygen atoms in total. The van der Waals surface area contributed by atoms with Gasteiger partial charge in [0, 0.05) is 19.5 Å². The predicted molar refractivity (Wildman–Crippen MR) is 75.6 cm³/mol.